The molecule has 1 fully saturated rings. The highest BCUT2D eigenvalue weighted by Crippen LogP contribution is 2.18. The normalized spacial score (nSPS) is 17.8. The van der Waals surface area contributed by atoms with Crippen LogP contribution in [0, 0.1) is 19.8 Å². The Morgan fingerprint density at radius 2 is 2.18 bits per heavy atom. The van der Waals surface area contributed by atoms with Crippen LogP contribution < -0.4 is 10.1 Å². The molecule has 1 aliphatic rings. The molecule has 2 rings (SSSR count). The first-order chi connectivity index (χ1) is 10.6. The van der Waals surface area contributed by atoms with Crippen molar-refractivity contribution in [2.24, 2.45) is 5.92 Å². The molecule has 0 saturated carbocycles. The number of nitrogens with zero attached hydrogens (tertiary/aromatic N) is 1. The molecule has 1 saturated heterocycles. The Kier molecular flexibility index (Phi) is 6.25. The van der Waals surface area contributed by atoms with Crippen LogP contribution in [-0.4, -0.2) is 44.1 Å². The molecule has 0 aromatic heterocycles. The van der Waals surface area contributed by atoms with Gasteiger partial charge in [-0.3, -0.25) is 4.79 Å². The van der Waals surface area contributed by atoms with E-state index in [-0.39, 0.29) is 5.91 Å². The number of nitrogens with one attached hydrogen (secondary N) is 1. The van der Waals surface area contributed by atoms with Crippen molar-refractivity contribution in [1.29, 1.82) is 0 Å². The summed E-state index contributed by atoms with van der Waals surface area (Å²) in [5, 5.41) is 3.19. The smallest absolute Gasteiger partial charge is 0.222 e. The van der Waals surface area contributed by atoms with Crippen molar-refractivity contribution in [2.45, 2.75) is 33.1 Å². The summed E-state index contributed by atoms with van der Waals surface area (Å²) in [5.41, 5.74) is 2.51. The van der Waals surface area contributed by atoms with Gasteiger partial charge in [-0.15, -0.1) is 0 Å². The van der Waals surface area contributed by atoms with Crippen LogP contribution in [0.4, 0.5) is 0 Å². The topological polar surface area (TPSA) is 41.6 Å². The van der Waals surface area contributed by atoms with Crippen LogP contribution in [-0.2, 0) is 4.79 Å². The number of likely N-dealkylation sites (tertiary alicyclic amines) is 1. The van der Waals surface area contributed by atoms with Gasteiger partial charge in [-0.2, -0.15) is 0 Å². The van der Waals surface area contributed by atoms with E-state index in [0.29, 0.717) is 18.9 Å². The molecule has 1 aromatic rings. The number of benzene rings is 1. The molecule has 1 N–H and O–H groups in total. The molecular formula is C18H28N2O2. The number of rotatable bonds is 7. The minimum atomic E-state index is 0.266. The number of aryl methyl sites for hydroxylation is 2. The Morgan fingerprint density at radius 1 is 1.36 bits per heavy atom. The Labute approximate surface area is 133 Å². The van der Waals surface area contributed by atoms with Crippen LogP contribution in [0.3, 0.4) is 0 Å². The maximum atomic E-state index is 12.2. The van der Waals surface area contributed by atoms with E-state index in [1.54, 1.807) is 0 Å². The summed E-state index contributed by atoms with van der Waals surface area (Å²) >= 11 is 0. The molecule has 0 unspecified atom stereocenters. The fraction of sp³-hybridized carbons (Fsp3) is 0.611. The maximum absolute atomic E-state index is 12.2. The summed E-state index contributed by atoms with van der Waals surface area (Å²) < 4.78 is 5.73. The predicted molar refractivity (Wildman–Crippen MR) is 89.3 cm³/mol. The van der Waals surface area contributed by atoms with Crippen molar-refractivity contribution in [1.82, 2.24) is 10.2 Å². The molecule has 1 atom stereocenters. The van der Waals surface area contributed by atoms with Crippen molar-refractivity contribution in [3.8, 4) is 5.75 Å². The number of amides is 1. The van der Waals surface area contributed by atoms with Crippen LogP contribution in [0.15, 0.2) is 18.2 Å². The van der Waals surface area contributed by atoms with Gasteiger partial charge in [-0.1, -0.05) is 6.07 Å². The summed E-state index contributed by atoms with van der Waals surface area (Å²) in [6.45, 7) is 7.58. The number of carbonyl (C=O) groups excluding carboxylic acids is 1. The molecule has 4 nitrogen and oxygen atoms in total. The molecule has 122 valence electrons. The Balaban J connectivity index is 1.66. The van der Waals surface area contributed by atoms with E-state index in [0.717, 1.165) is 38.2 Å². The first kappa shape index (κ1) is 16.8. The zero-order valence-electron chi connectivity index (χ0n) is 14.0. The van der Waals surface area contributed by atoms with Crippen LogP contribution >= 0.6 is 0 Å². The molecule has 0 spiro atoms. The zero-order valence-corrected chi connectivity index (χ0v) is 14.0. The molecule has 4 heteroatoms. The predicted octanol–water partition coefficient (Wildman–Crippen LogP) is 2.53. The van der Waals surface area contributed by atoms with Crippen molar-refractivity contribution < 1.29 is 9.53 Å². The number of hydrogen-bond acceptors (Lipinski definition) is 3. The third-order valence-corrected chi connectivity index (χ3v) is 4.41. The van der Waals surface area contributed by atoms with E-state index >= 15 is 0 Å². The second-order valence-corrected chi connectivity index (χ2v) is 6.25. The van der Waals surface area contributed by atoms with Gasteiger partial charge in [0.05, 0.1) is 6.61 Å². The molecule has 1 aliphatic heterocycles. The summed E-state index contributed by atoms with van der Waals surface area (Å²) in [5.74, 6) is 1.77. The number of ether oxygens (including phenoxy) is 1. The van der Waals surface area contributed by atoms with Crippen molar-refractivity contribution in [2.75, 3.05) is 33.3 Å². The van der Waals surface area contributed by atoms with Gasteiger partial charge in [-0.25, -0.2) is 0 Å². The molecule has 1 aromatic carbocycles. The van der Waals surface area contributed by atoms with Gasteiger partial charge in [0.25, 0.3) is 0 Å². The molecule has 1 heterocycles. The molecule has 22 heavy (non-hydrogen) atoms. The van der Waals surface area contributed by atoms with Gasteiger partial charge in [0.15, 0.2) is 0 Å². The highest BCUT2D eigenvalue weighted by Gasteiger charge is 2.25. The minimum absolute atomic E-state index is 0.266. The second-order valence-electron chi connectivity index (χ2n) is 6.25. The van der Waals surface area contributed by atoms with Crippen molar-refractivity contribution >= 4 is 5.91 Å². The van der Waals surface area contributed by atoms with E-state index in [1.807, 2.05) is 18.0 Å². The average molecular weight is 304 g/mol. The van der Waals surface area contributed by atoms with Gasteiger partial charge in [0.1, 0.15) is 5.75 Å². The SMILES string of the molecule is CNC[C@H]1CCN(C(=O)CCCOc2ccc(C)c(C)c2)C1. The molecule has 0 bridgehead atoms. The zero-order chi connectivity index (χ0) is 15.9. The fourth-order valence-electron chi connectivity index (χ4n) is 2.89. The lowest BCUT2D eigenvalue weighted by molar-refractivity contribution is -0.130. The summed E-state index contributed by atoms with van der Waals surface area (Å²) in [6, 6.07) is 6.12. The third-order valence-electron chi connectivity index (χ3n) is 4.41. The highest BCUT2D eigenvalue weighted by molar-refractivity contribution is 5.76. The van der Waals surface area contributed by atoms with Crippen LogP contribution in [0.2, 0.25) is 0 Å². The van der Waals surface area contributed by atoms with Gasteiger partial charge >= 0.3 is 0 Å². The summed E-state index contributed by atoms with van der Waals surface area (Å²) in [6.07, 6.45) is 2.47. The second kappa shape index (κ2) is 8.18. The largest absolute Gasteiger partial charge is 0.494 e. The first-order valence-corrected chi connectivity index (χ1v) is 8.22. The molecule has 0 radical (unpaired) electrons. The lowest BCUT2D eigenvalue weighted by atomic mass is 10.1. The Bertz CT molecular complexity index is 502. The first-order valence-electron chi connectivity index (χ1n) is 8.22. The van der Waals surface area contributed by atoms with E-state index < -0.39 is 0 Å². The van der Waals surface area contributed by atoms with E-state index in [1.165, 1.54) is 11.1 Å². The van der Waals surface area contributed by atoms with Crippen LogP contribution in [0.25, 0.3) is 0 Å². The minimum Gasteiger partial charge on any atom is -0.494 e. The molecule has 1 amide bonds. The van der Waals surface area contributed by atoms with Crippen LogP contribution in [0.1, 0.15) is 30.4 Å². The van der Waals surface area contributed by atoms with Gasteiger partial charge in [-0.05, 0) is 69.5 Å². The highest BCUT2D eigenvalue weighted by atomic mass is 16.5. The molecule has 0 aliphatic carbocycles. The number of hydrogen-bond donors (Lipinski definition) is 1. The standard InChI is InChI=1S/C18H28N2O2/c1-14-6-7-17(11-15(14)2)22-10-4-5-18(21)20-9-8-16(13-20)12-19-3/h6-7,11,16,19H,4-5,8-10,12-13H2,1-3H3/t16-/m1/s1. The van der Waals surface area contributed by atoms with Gasteiger partial charge in [0, 0.05) is 19.5 Å². The quantitative estimate of drug-likeness (QED) is 0.787. The van der Waals surface area contributed by atoms with E-state index in [2.05, 4.69) is 31.3 Å². The van der Waals surface area contributed by atoms with Crippen LogP contribution in [0.5, 0.6) is 5.75 Å². The van der Waals surface area contributed by atoms with Gasteiger partial charge < -0.3 is 15.0 Å². The lowest BCUT2D eigenvalue weighted by Gasteiger charge is -2.16. The summed E-state index contributed by atoms with van der Waals surface area (Å²) in [7, 11) is 1.97. The number of carbonyl (C=O) groups is 1. The lowest BCUT2D eigenvalue weighted by Crippen LogP contribution is -2.30. The van der Waals surface area contributed by atoms with Crippen molar-refractivity contribution in [3.63, 3.8) is 0 Å². The summed E-state index contributed by atoms with van der Waals surface area (Å²) in [4.78, 5) is 14.2. The van der Waals surface area contributed by atoms with E-state index in [4.69, 9.17) is 4.74 Å². The Hall–Kier alpha value is -1.55. The average Bonchev–Trinajstić information content (AvgIpc) is 2.96. The molecular weight excluding hydrogens is 276 g/mol. The third kappa shape index (κ3) is 4.73. The fourth-order valence-corrected chi connectivity index (χ4v) is 2.89. The Morgan fingerprint density at radius 3 is 2.91 bits per heavy atom. The van der Waals surface area contributed by atoms with Crippen molar-refractivity contribution in [3.05, 3.63) is 29.3 Å². The van der Waals surface area contributed by atoms with E-state index in [9.17, 15) is 4.79 Å². The van der Waals surface area contributed by atoms with Gasteiger partial charge in [0.2, 0.25) is 5.91 Å². The monoisotopic (exact) mass is 304 g/mol. The maximum Gasteiger partial charge on any atom is 0.222 e.